The number of ether oxygens (including phenoxy) is 1. The van der Waals surface area contributed by atoms with Gasteiger partial charge in [-0.1, -0.05) is 36.0 Å². The van der Waals surface area contributed by atoms with Gasteiger partial charge in [0.1, 0.15) is 12.4 Å². The predicted octanol–water partition coefficient (Wildman–Crippen LogP) is 3.19. The molecule has 158 valence electrons. The van der Waals surface area contributed by atoms with Crippen LogP contribution in [0.2, 0.25) is 0 Å². The molecule has 0 bridgehead atoms. The summed E-state index contributed by atoms with van der Waals surface area (Å²) in [5, 5.41) is 11.5. The van der Waals surface area contributed by atoms with Crippen LogP contribution in [-0.2, 0) is 11.4 Å². The number of aromatic nitrogens is 3. The Labute approximate surface area is 184 Å². The van der Waals surface area contributed by atoms with Crippen LogP contribution in [0.15, 0.2) is 58.6 Å². The van der Waals surface area contributed by atoms with E-state index < -0.39 is 0 Å². The van der Waals surface area contributed by atoms with Gasteiger partial charge >= 0.3 is 0 Å². The lowest BCUT2D eigenvalue weighted by atomic mass is 10.1. The van der Waals surface area contributed by atoms with Crippen LogP contribution in [0, 0.1) is 13.8 Å². The number of carbonyl (C=O) groups is 1. The molecule has 0 fully saturated rings. The van der Waals surface area contributed by atoms with Crippen molar-refractivity contribution in [2.24, 2.45) is 0 Å². The van der Waals surface area contributed by atoms with Crippen LogP contribution >= 0.6 is 23.5 Å². The molecule has 3 aromatic rings. The molecule has 1 amide bonds. The maximum atomic E-state index is 12.1. The zero-order chi connectivity index (χ0) is 21.3. The lowest BCUT2D eigenvalue weighted by Gasteiger charge is -2.08. The second-order valence-electron chi connectivity index (χ2n) is 6.68. The fourth-order valence-corrected chi connectivity index (χ4v) is 4.22. The van der Waals surface area contributed by atoms with Gasteiger partial charge in [-0.25, -0.2) is 4.68 Å². The van der Waals surface area contributed by atoms with E-state index in [1.54, 1.807) is 11.8 Å². The third-order valence-corrected chi connectivity index (χ3v) is 6.02. The average Bonchev–Trinajstić information content (AvgIpc) is 3.08. The average molecular weight is 444 g/mol. The van der Waals surface area contributed by atoms with Gasteiger partial charge in [-0.15, -0.1) is 22.0 Å². The van der Waals surface area contributed by atoms with Crippen molar-refractivity contribution in [1.82, 2.24) is 20.2 Å². The first kappa shape index (κ1) is 22.0. The highest BCUT2D eigenvalue weighted by Gasteiger charge is 2.13. The summed E-state index contributed by atoms with van der Waals surface area (Å²) in [6, 6.07) is 16.1. The van der Waals surface area contributed by atoms with Gasteiger partial charge in [0.25, 0.3) is 0 Å². The molecule has 7 nitrogen and oxygen atoms in total. The smallest absolute Gasteiger partial charge is 0.230 e. The van der Waals surface area contributed by atoms with Crippen LogP contribution in [0.25, 0.3) is 0 Å². The molecule has 9 heteroatoms. The molecular weight excluding hydrogens is 418 g/mol. The number of nitrogens with two attached hydrogens (primary N) is 1. The van der Waals surface area contributed by atoms with E-state index in [1.165, 1.54) is 21.3 Å². The van der Waals surface area contributed by atoms with Gasteiger partial charge in [-0.3, -0.25) is 4.79 Å². The van der Waals surface area contributed by atoms with E-state index in [4.69, 9.17) is 10.6 Å². The number of nitrogens with one attached hydrogen (secondary N) is 1. The van der Waals surface area contributed by atoms with Gasteiger partial charge in [0.2, 0.25) is 11.1 Å². The molecule has 0 atom stereocenters. The molecule has 0 saturated heterocycles. The molecule has 0 aliphatic heterocycles. The Bertz CT molecular complexity index is 959. The second kappa shape index (κ2) is 10.9. The summed E-state index contributed by atoms with van der Waals surface area (Å²) in [7, 11) is 0. The summed E-state index contributed by atoms with van der Waals surface area (Å²) in [6.45, 7) is 4.84. The highest BCUT2D eigenvalue weighted by atomic mass is 32.2. The summed E-state index contributed by atoms with van der Waals surface area (Å²) in [6.07, 6.45) is 0. The quantitative estimate of drug-likeness (QED) is 0.282. The number of rotatable bonds is 10. The van der Waals surface area contributed by atoms with Crippen molar-refractivity contribution in [3.8, 4) is 5.75 Å². The minimum Gasteiger partial charge on any atom is -0.486 e. The molecule has 0 radical (unpaired) electrons. The molecule has 2 aromatic carbocycles. The third-order valence-electron chi connectivity index (χ3n) is 4.07. The zero-order valence-corrected chi connectivity index (χ0v) is 18.6. The predicted molar refractivity (Wildman–Crippen MR) is 121 cm³/mol. The van der Waals surface area contributed by atoms with E-state index in [0.717, 1.165) is 22.6 Å². The number of nitrogens with zero attached hydrogens (tertiary/aromatic N) is 3. The normalized spacial score (nSPS) is 10.7. The fraction of sp³-hybridized carbons (Fsp3) is 0.286. The molecule has 1 heterocycles. The number of hydrogen-bond donors (Lipinski definition) is 2. The van der Waals surface area contributed by atoms with Gasteiger partial charge in [0.05, 0.1) is 5.75 Å². The van der Waals surface area contributed by atoms with Crippen LogP contribution in [0.5, 0.6) is 5.75 Å². The fourth-order valence-electron chi connectivity index (χ4n) is 2.73. The van der Waals surface area contributed by atoms with Crippen molar-refractivity contribution in [3.63, 3.8) is 0 Å². The molecular formula is C21H25N5O2S2. The molecule has 0 unspecified atom stereocenters. The van der Waals surface area contributed by atoms with Gasteiger partial charge in [0, 0.05) is 17.2 Å². The van der Waals surface area contributed by atoms with Crippen molar-refractivity contribution in [2.75, 3.05) is 23.9 Å². The standard InChI is InChI=1S/C21H25N5O2S2/c1-15-10-16(2)12-17(11-15)28-13-19-24-25-21(26(19)22)30-14-20(27)23-8-9-29-18-6-4-3-5-7-18/h3-7,10-12H,8-9,13-14,22H2,1-2H3,(H,23,27). The molecule has 30 heavy (non-hydrogen) atoms. The van der Waals surface area contributed by atoms with E-state index >= 15 is 0 Å². The Balaban J connectivity index is 1.40. The molecule has 0 saturated carbocycles. The number of thioether (sulfide) groups is 2. The van der Waals surface area contributed by atoms with Crippen molar-refractivity contribution in [2.45, 2.75) is 30.5 Å². The van der Waals surface area contributed by atoms with E-state index in [9.17, 15) is 4.79 Å². The second-order valence-corrected chi connectivity index (χ2v) is 8.79. The van der Waals surface area contributed by atoms with Crippen LogP contribution < -0.4 is 15.9 Å². The number of carbonyl (C=O) groups excluding carboxylic acids is 1. The summed E-state index contributed by atoms with van der Waals surface area (Å²) in [5.41, 5.74) is 2.26. The Morgan fingerprint density at radius 3 is 2.57 bits per heavy atom. The van der Waals surface area contributed by atoms with E-state index in [0.29, 0.717) is 17.5 Å². The first-order valence-electron chi connectivity index (χ1n) is 9.49. The molecule has 0 spiro atoms. The third kappa shape index (κ3) is 6.70. The van der Waals surface area contributed by atoms with Crippen LogP contribution in [0.1, 0.15) is 17.0 Å². The number of amides is 1. The minimum atomic E-state index is -0.0651. The number of nitrogen functional groups attached to an aromatic ring is 1. The van der Waals surface area contributed by atoms with Gasteiger partial charge in [0.15, 0.2) is 5.82 Å². The van der Waals surface area contributed by atoms with E-state index in [1.807, 2.05) is 44.2 Å². The van der Waals surface area contributed by atoms with Gasteiger partial charge < -0.3 is 15.9 Å². The maximum absolute atomic E-state index is 12.1. The Hall–Kier alpha value is -2.65. The summed E-state index contributed by atoms with van der Waals surface area (Å²) < 4.78 is 7.15. The highest BCUT2D eigenvalue weighted by molar-refractivity contribution is 7.99. The Morgan fingerprint density at radius 2 is 1.83 bits per heavy atom. The monoisotopic (exact) mass is 443 g/mol. The first-order chi connectivity index (χ1) is 14.5. The van der Waals surface area contributed by atoms with Gasteiger partial charge in [-0.05, 0) is 49.2 Å². The summed E-state index contributed by atoms with van der Waals surface area (Å²) >= 11 is 2.95. The lowest BCUT2D eigenvalue weighted by Crippen LogP contribution is -2.27. The topological polar surface area (TPSA) is 95.1 Å². The van der Waals surface area contributed by atoms with Crippen molar-refractivity contribution >= 4 is 29.4 Å². The Kier molecular flexibility index (Phi) is 8.04. The maximum Gasteiger partial charge on any atom is 0.230 e. The van der Waals surface area contributed by atoms with Crippen molar-refractivity contribution in [3.05, 3.63) is 65.5 Å². The number of hydrogen-bond acceptors (Lipinski definition) is 7. The van der Waals surface area contributed by atoms with Crippen LogP contribution in [-0.4, -0.2) is 38.8 Å². The van der Waals surface area contributed by atoms with Gasteiger partial charge in [-0.2, -0.15) is 0 Å². The summed E-state index contributed by atoms with van der Waals surface area (Å²) in [4.78, 5) is 13.2. The first-order valence-corrected chi connectivity index (χ1v) is 11.5. The molecule has 3 rings (SSSR count). The largest absolute Gasteiger partial charge is 0.486 e. The van der Waals surface area contributed by atoms with Crippen molar-refractivity contribution in [1.29, 1.82) is 0 Å². The lowest BCUT2D eigenvalue weighted by molar-refractivity contribution is -0.118. The molecule has 0 aliphatic carbocycles. The molecule has 1 aromatic heterocycles. The molecule has 0 aliphatic rings. The van der Waals surface area contributed by atoms with Crippen LogP contribution in [0.4, 0.5) is 0 Å². The Morgan fingerprint density at radius 1 is 1.10 bits per heavy atom. The minimum absolute atomic E-state index is 0.0651. The van der Waals surface area contributed by atoms with Crippen molar-refractivity contribution < 1.29 is 9.53 Å². The molecule has 3 N–H and O–H groups in total. The summed E-state index contributed by atoms with van der Waals surface area (Å²) in [5.74, 6) is 8.29. The zero-order valence-electron chi connectivity index (χ0n) is 17.0. The highest BCUT2D eigenvalue weighted by Crippen LogP contribution is 2.19. The number of aryl methyl sites for hydroxylation is 2. The SMILES string of the molecule is Cc1cc(C)cc(OCc2nnc(SCC(=O)NCCSc3ccccc3)n2N)c1. The van der Waals surface area contributed by atoms with E-state index in [-0.39, 0.29) is 18.3 Å². The van der Waals surface area contributed by atoms with E-state index in [2.05, 4.69) is 33.7 Å². The van der Waals surface area contributed by atoms with Crippen LogP contribution in [0.3, 0.4) is 0 Å². The number of benzene rings is 2.